The number of hydrogen-bond acceptors (Lipinski definition) is 2. The zero-order valence-electron chi connectivity index (χ0n) is 12.3. The maximum atomic E-state index is 12.8. The van der Waals surface area contributed by atoms with E-state index in [2.05, 4.69) is 15.9 Å². The maximum absolute atomic E-state index is 12.8. The fraction of sp³-hybridized carbons (Fsp3) is 0.235. The van der Waals surface area contributed by atoms with Crippen LogP contribution in [0.4, 0.5) is 5.69 Å². The second kappa shape index (κ2) is 6.76. The van der Waals surface area contributed by atoms with Gasteiger partial charge < -0.3 is 10.6 Å². The number of rotatable bonds is 4. The van der Waals surface area contributed by atoms with Crippen molar-refractivity contribution in [1.82, 2.24) is 4.90 Å². The summed E-state index contributed by atoms with van der Waals surface area (Å²) in [6.07, 6.45) is 0. The number of anilines is 1. The first kappa shape index (κ1) is 15.6. The highest BCUT2D eigenvalue weighted by molar-refractivity contribution is 9.10. The number of halogens is 1. The number of nitrogen functional groups attached to an aromatic ring is 1. The number of carbonyl (C=O) groups excluding carboxylic acids is 1. The van der Waals surface area contributed by atoms with Crippen LogP contribution in [0.15, 0.2) is 46.9 Å². The number of nitrogens with two attached hydrogens (primary N) is 1. The Morgan fingerprint density at radius 3 is 2.52 bits per heavy atom. The molecule has 2 N–H and O–H groups in total. The predicted octanol–water partition coefficient (Wildman–Crippen LogP) is 4.00. The smallest absolute Gasteiger partial charge is 0.254 e. The molecular formula is C17H19BrN2O. The quantitative estimate of drug-likeness (QED) is 0.850. The van der Waals surface area contributed by atoms with Gasteiger partial charge in [-0.2, -0.15) is 0 Å². The zero-order valence-corrected chi connectivity index (χ0v) is 13.9. The van der Waals surface area contributed by atoms with Gasteiger partial charge in [-0.25, -0.2) is 0 Å². The molecular weight excluding hydrogens is 328 g/mol. The molecule has 2 rings (SSSR count). The minimum Gasteiger partial charge on any atom is -0.398 e. The van der Waals surface area contributed by atoms with Crippen molar-refractivity contribution in [3.63, 3.8) is 0 Å². The number of amides is 1. The van der Waals surface area contributed by atoms with Crippen molar-refractivity contribution in [2.24, 2.45) is 0 Å². The first-order valence-electron chi connectivity index (χ1n) is 6.91. The average Bonchev–Trinajstić information content (AvgIpc) is 2.49. The lowest BCUT2D eigenvalue weighted by molar-refractivity contribution is 0.0752. The molecule has 21 heavy (non-hydrogen) atoms. The summed E-state index contributed by atoms with van der Waals surface area (Å²) < 4.78 is 0.824. The number of nitrogens with zero attached hydrogens (tertiary/aromatic N) is 1. The molecule has 0 unspecified atom stereocenters. The van der Waals surface area contributed by atoms with Gasteiger partial charge in [-0.1, -0.05) is 46.3 Å². The fourth-order valence-corrected chi connectivity index (χ4v) is 2.70. The summed E-state index contributed by atoms with van der Waals surface area (Å²) in [6.45, 7) is 5.12. The first-order chi connectivity index (χ1) is 10.0. The summed E-state index contributed by atoms with van der Waals surface area (Å²) in [5.74, 6) is 0.00635. The highest BCUT2D eigenvalue weighted by Gasteiger charge is 2.18. The standard InChI is InChI=1S/C17H19BrN2O/c1-3-20(11-13-7-5-4-6-8-13)17(21)15-9-14(18)10-16(19)12(15)2/h4-10H,3,11,19H2,1-2H3. The third kappa shape index (κ3) is 3.64. The van der Waals surface area contributed by atoms with Crippen LogP contribution in [0.3, 0.4) is 0 Å². The van der Waals surface area contributed by atoms with Gasteiger partial charge >= 0.3 is 0 Å². The first-order valence-corrected chi connectivity index (χ1v) is 7.71. The highest BCUT2D eigenvalue weighted by atomic mass is 79.9. The monoisotopic (exact) mass is 346 g/mol. The number of benzene rings is 2. The largest absolute Gasteiger partial charge is 0.398 e. The van der Waals surface area contributed by atoms with E-state index < -0.39 is 0 Å². The number of hydrogen-bond donors (Lipinski definition) is 1. The fourth-order valence-electron chi connectivity index (χ4n) is 2.22. The van der Waals surface area contributed by atoms with E-state index in [1.807, 2.05) is 61.2 Å². The minimum atomic E-state index is 0.00635. The summed E-state index contributed by atoms with van der Waals surface area (Å²) in [7, 11) is 0. The topological polar surface area (TPSA) is 46.3 Å². The molecule has 0 aromatic heterocycles. The van der Waals surface area contributed by atoms with Crippen LogP contribution in [0.2, 0.25) is 0 Å². The lowest BCUT2D eigenvalue weighted by Gasteiger charge is -2.22. The van der Waals surface area contributed by atoms with Gasteiger partial charge in [-0.05, 0) is 37.1 Å². The second-order valence-electron chi connectivity index (χ2n) is 4.97. The van der Waals surface area contributed by atoms with Gasteiger partial charge in [0.25, 0.3) is 5.91 Å². The lowest BCUT2D eigenvalue weighted by Crippen LogP contribution is -2.31. The third-order valence-corrected chi connectivity index (χ3v) is 3.99. The van der Waals surface area contributed by atoms with Crippen molar-refractivity contribution in [2.45, 2.75) is 20.4 Å². The predicted molar refractivity (Wildman–Crippen MR) is 90.1 cm³/mol. The van der Waals surface area contributed by atoms with E-state index in [0.29, 0.717) is 24.3 Å². The molecule has 2 aromatic rings. The molecule has 1 amide bonds. The van der Waals surface area contributed by atoms with Crippen LogP contribution in [0.1, 0.15) is 28.4 Å². The molecule has 0 bridgehead atoms. The Morgan fingerprint density at radius 1 is 1.24 bits per heavy atom. The van der Waals surface area contributed by atoms with E-state index in [1.165, 1.54) is 0 Å². The summed E-state index contributed by atoms with van der Waals surface area (Å²) in [6, 6.07) is 13.6. The van der Waals surface area contributed by atoms with Gasteiger partial charge in [0, 0.05) is 28.8 Å². The van der Waals surface area contributed by atoms with Gasteiger partial charge in [-0.3, -0.25) is 4.79 Å². The zero-order chi connectivity index (χ0) is 15.4. The van der Waals surface area contributed by atoms with Gasteiger partial charge in [-0.15, -0.1) is 0 Å². The van der Waals surface area contributed by atoms with Crippen LogP contribution in [0, 0.1) is 6.92 Å². The van der Waals surface area contributed by atoms with Gasteiger partial charge in [0.2, 0.25) is 0 Å². The molecule has 0 atom stereocenters. The Labute approximate surface area is 133 Å². The van der Waals surface area contributed by atoms with Crippen molar-refractivity contribution < 1.29 is 4.79 Å². The van der Waals surface area contributed by atoms with E-state index >= 15 is 0 Å². The van der Waals surface area contributed by atoms with Gasteiger partial charge in [0.1, 0.15) is 0 Å². The second-order valence-corrected chi connectivity index (χ2v) is 5.89. The molecule has 3 nitrogen and oxygen atoms in total. The summed E-state index contributed by atoms with van der Waals surface area (Å²) in [5, 5.41) is 0. The molecule has 0 saturated heterocycles. The Morgan fingerprint density at radius 2 is 1.90 bits per heavy atom. The summed E-state index contributed by atoms with van der Waals surface area (Å²) in [5.41, 5.74) is 9.18. The van der Waals surface area contributed by atoms with Crippen molar-refractivity contribution in [3.05, 3.63) is 63.6 Å². The average molecular weight is 347 g/mol. The molecule has 0 fully saturated rings. The Kier molecular flexibility index (Phi) is 5.02. The third-order valence-electron chi connectivity index (χ3n) is 3.53. The van der Waals surface area contributed by atoms with Crippen molar-refractivity contribution in [1.29, 1.82) is 0 Å². The van der Waals surface area contributed by atoms with Gasteiger partial charge in [0.05, 0.1) is 0 Å². The van der Waals surface area contributed by atoms with E-state index in [0.717, 1.165) is 15.6 Å². The number of carbonyl (C=O) groups is 1. The van der Waals surface area contributed by atoms with Crippen molar-refractivity contribution >= 4 is 27.5 Å². The summed E-state index contributed by atoms with van der Waals surface area (Å²) >= 11 is 3.40. The van der Waals surface area contributed by atoms with Crippen LogP contribution in [0.5, 0.6) is 0 Å². The van der Waals surface area contributed by atoms with E-state index in [9.17, 15) is 4.79 Å². The van der Waals surface area contributed by atoms with E-state index in [4.69, 9.17) is 5.73 Å². The summed E-state index contributed by atoms with van der Waals surface area (Å²) in [4.78, 5) is 14.6. The molecule has 110 valence electrons. The molecule has 4 heteroatoms. The highest BCUT2D eigenvalue weighted by Crippen LogP contribution is 2.24. The van der Waals surface area contributed by atoms with Gasteiger partial charge in [0.15, 0.2) is 0 Å². The molecule has 0 aliphatic carbocycles. The van der Waals surface area contributed by atoms with E-state index in [-0.39, 0.29) is 5.91 Å². The van der Waals surface area contributed by atoms with Crippen LogP contribution >= 0.6 is 15.9 Å². The molecule has 0 heterocycles. The van der Waals surface area contributed by atoms with Crippen LogP contribution < -0.4 is 5.73 Å². The molecule has 0 spiro atoms. The van der Waals surface area contributed by atoms with Crippen molar-refractivity contribution in [2.75, 3.05) is 12.3 Å². The molecule has 0 radical (unpaired) electrons. The molecule has 0 saturated carbocycles. The Hall–Kier alpha value is -1.81. The van der Waals surface area contributed by atoms with E-state index in [1.54, 1.807) is 0 Å². The van der Waals surface area contributed by atoms with Crippen LogP contribution in [0.25, 0.3) is 0 Å². The van der Waals surface area contributed by atoms with Crippen molar-refractivity contribution in [3.8, 4) is 0 Å². The maximum Gasteiger partial charge on any atom is 0.254 e. The Balaban J connectivity index is 2.29. The lowest BCUT2D eigenvalue weighted by atomic mass is 10.1. The molecule has 2 aromatic carbocycles. The SMILES string of the molecule is CCN(Cc1ccccc1)C(=O)c1cc(Br)cc(N)c1C. The molecule has 0 aliphatic heterocycles. The minimum absolute atomic E-state index is 0.00635. The normalized spacial score (nSPS) is 10.4. The van der Waals surface area contributed by atoms with Crippen LogP contribution in [-0.2, 0) is 6.54 Å². The molecule has 0 aliphatic rings. The Bertz CT molecular complexity index is 641. The van der Waals surface area contributed by atoms with Crippen LogP contribution in [-0.4, -0.2) is 17.4 Å².